The van der Waals surface area contributed by atoms with E-state index in [-0.39, 0.29) is 16.9 Å². The van der Waals surface area contributed by atoms with Crippen LogP contribution in [0.2, 0.25) is 5.02 Å². The minimum Gasteiger partial charge on any atom is -0.366 e. The lowest BCUT2D eigenvalue weighted by molar-refractivity contribution is 0.568. The maximum Gasteiger partial charge on any atom is 0.266 e. The molecule has 0 saturated carbocycles. The van der Waals surface area contributed by atoms with E-state index < -0.39 is 20.7 Å². The highest BCUT2D eigenvalue weighted by Crippen LogP contribution is 2.33. The summed E-state index contributed by atoms with van der Waals surface area (Å²) in [6.45, 7) is 4.29. The van der Waals surface area contributed by atoms with Gasteiger partial charge in [0.15, 0.2) is 5.82 Å². The highest BCUT2D eigenvalue weighted by atomic mass is 35.5. The summed E-state index contributed by atoms with van der Waals surface area (Å²) in [6.07, 6.45) is 0.928. The molecule has 2 heterocycles. The van der Waals surface area contributed by atoms with Crippen LogP contribution in [0.5, 0.6) is 0 Å². The van der Waals surface area contributed by atoms with E-state index in [0.717, 1.165) is 25.6 Å². The Kier molecular flexibility index (Phi) is 5.47. The molecule has 0 aliphatic carbocycles. The van der Waals surface area contributed by atoms with Gasteiger partial charge in [0.05, 0.1) is 16.2 Å². The van der Waals surface area contributed by atoms with Gasteiger partial charge in [-0.3, -0.25) is 4.72 Å². The predicted octanol–water partition coefficient (Wildman–Crippen LogP) is 2.92. The van der Waals surface area contributed by atoms with Crippen molar-refractivity contribution in [3.8, 4) is 0 Å². The zero-order valence-electron chi connectivity index (χ0n) is 13.5. The summed E-state index contributed by atoms with van der Waals surface area (Å²) >= 11 is 7.54. The third-order valence-electron chi connectivity index (χ3n) is 4.09. The highest BCUT2D eigenvalue weighted by molar-refractivity contribution is 7.92. The second-order valence-electron chi connectivity index (χ2n) is 5.65. The molecule has 0 spiro atoms. The van der Waals surface area contributed by atoms with Gasteiger partial charge in [0.2, 0.25) is 0 Å². The van der Waals surface area contributed by atoms with E-state index in [4.69, 9.17) is 11.6 Å². The summed E-state index contributed by atoms with van der Waals surface area (Å²) < 4.78 is 41.7. The molecule has 6 nitrogen and oxygen atoms in total. The van der Waals surface area contributed by atoms with Crippen LogP contribution in [0.4, 0.5) is 15.9 Å². The molecular formula is C15H18ClFN4O2S2. The van der Waals surface area contributed by atoms with E-state index in [0.29, 0.717) is 12.2 Å². The van der Waals surface area contributed by atoms with Gasteiger partial charge in [-0.25, -0.2) is 17.8 Å². The lowest BCUT2D eigenvalue weighted by atomic mass is 10.2. The van der Waals surface area contributed by atoms with E-state index in [1.165, 1.54) is 28.3 Å². The molecule has 1 aromatic heterocycles. The first-order chi connectivity index (χ1) is 11.9. The number of rotatable bonds is 6. The minimum atomic E-state index is -4.10. The molecule has 1 fully saturated rings. The van der Waals surface area contributed by atoms with Crippen LogP contribution in [0, 0.1) is 5.82 Å². The fraction of sp³-hybridized carbons (Fsp3) is 0.400. The van der Waals surface area contributed by atoms with Crippen molar-refractivity contribution in [1.82, 2.24) is 10.3 Å². The number of hydrogen-bond donors (Lipinski definition) is 2. The molecule has 0 bridgehead atoms. The summed E-state index contributed by atoms with van der Waals surface area (Å²) in [5, 5.41) is 4.99. The molecule has 25 heavy (non-hydrogen) atoms. The molecule has 1 unspecified atom stereocenters. The second-order valence-corrected chi connectivity index (χ2v) is 8.42. The van der Waals surface area contributed by atoms with Crippen LogP contribution in [0.3, 0.4) is 0 Å². The molecule has 0 radical (unpaired) electrons. The first-order valence-electron chi connectivity index (χ1n) is 7.79. The van der Waals surface area contributed by atoms with Crippen molar-refractivity contribution in [3.05, 3.63) is 33.9 Å². The van der Waals surface area contributed by atoms with E-state index in [2.05, 4.69) is 15.0 Å². The second kappa shape index (κ2) is 7.45. The zero-order valence-corrected chi connectivity index (χ0v) is 15.9. The van der Waals surface area contributed by atoms with Crippen LogP contribution in [0.25, 0.3) is 0 Å². The number of halogens is 2. The Hall–Kier alpha value is -1.42. The standard InChI is InChI=1S/C15H18ClFN4O2S2/c1-2-21(10-3-4-18-7-10)13-6-12(17)14(5-11(13)16)25(22,23)20-15-8-24-9-19-15/h5-6,8-10,18,20H,2-4,7H2,1H3. The quantitative estimate of drug-likeness (QED) is 0.774. The van der Waals surface area contributed by atoms with Crippen LogP contribution in [0.15, 0.2) is 27.9 Å². The van der Waals surface area contributed by atoms with Crippen LogP contribution in [-0.4, -0.2) is 39.1 Å². The third-order valence-corrected chi connectivity index (χ3v) is 6.35. The molecule has 3 rings (SSSR count). The maximum absolute atomic E-state index is 14.6. The summed E-state index contributed by atoms with van der Waals surface area (Å²) in [7, 11) is -4.10. The van der Waals surface area contributed by atoms with Gasteiger partial charge in [-0.2, -0.15) is 0 Å². The van der Waals surface area contributed by atoms with Gasteiger partial charge in [0.25, 0.3) is 10.0 Å². The maximum atomic E-state index is 14.6. The fourth-order valence-electron chi connectivity index (χ4n) is 2.93. The average molecular weight is 405 g/mol. The van der Waals surface area contributed by atoms with Crippen molar-refractivity contribution < 1.29 is 12.8 Å². The molecule has 1 atom stereocenters. The molecule has 136 valence electrons. The van der Waals surface area contributed by atoms with Crippen molar-refractivity contribution in [2.24, 2.45) is 0 Å². The first-order valence-corrected chi connectivity index (χ1v) is 10.6. The van der Waals surface area contributed by atoms with Crippen LogP contribution in [0.1, 0.15) is 13.3 Å². The molecule has 2 N–H and O–H groups in total. The molecule has 0 amide bonds. The van der Waals surface area contributed by atoms with Crippen LogP contribution < -0.4 is 14.9 Å². The molecule has 1 saturated heterocycles. The summed E-state index contributed by atoms with van der Waals surface area (Å²) in [4.78, 5) is 5.35. The number of hydrogen-bond acceptors (Lipinski definition) is 6. The molecule has 1 aromatic carbocycles. The van der Waals surface area contributed by atoms with Gasteiger partial charge in [0, 0.05) is 30.6 Å². The SMILES string of the molecule is CCN(c1cc(F)c(S(=O)(=O)Nc2cscn2)cc1Cl)C1CCNC1. The van der Waals surface area contributed by atoms with Crippen molar-refractivity contribution in [2.75, 3.05) is 29.3 Å². The number of nitrogens with one attached hydrogen (secondary N) is 2. The van der Waals surface area contributed by atoms with Crippen molar-refractivity contribution in [3.63, 3.8) is 0 Å². The predicted molar refractivity (Wildman–Crippen MR) is 98.6 cm³/mol. The lowest BCUT2D eigenvalue weighted by Crippen LogP contribution is -2.37. The van der Waals surface area contributed by atoms with Gasteiger partial charge in [-0.1, -0.05) is 11.6 Å². The Balaban J connectivity index is 1.94. The monoisotopic (exact) mass is 404 g/mol. The number of nitrogens with zero attached hydrogens (tertiary/aromatic N) is 2. The number of benzene rings is 1. The van der Waals surface area contributed by atoms with Crippen molar-refractivity contribution >= 4 is 44.5 Å². The number of anilines is 2. The number of aromatic nitrogens is 1. The largest absolute Gasteiger partial charge is 0.366 e. The van der Waals surface area contributed by atoms with E-state index in [9.17, 15) is 12.8 Å². The summed E-state index contributed by atoms with van der Waals surface area (Å²) in [5.41, 5.74) is 1.99. The van der Waals surface area contributed by atoms with Gasteiger partial charge >= 0.3 is 0 Å². The van der Waals surface area contributed by atoms with Crippen LogP contribution >= 0.6 is 22.9 Å². The van der Waals surface area contributed by atoms with Crippen molar-refractivity contribution in [1.29, 1.82) is 0 Å². The van der Waals surface area contributed by atoms with Gasteiger partial charge in [-0.05, 0) is 26.0 Å². The summed E-state index contributed by atoms with van der Waals surface area (Å²) in [6, 6.07) is 2.56. The Morgan fingerprint density at radius 2 is 2.32 bits per heavy atom. The van der Waals surface area contributed by atoms with E-state index in [1.54, 1.807) is 0 Å². The normalized spacial score (nSPS) is 17.6. The zero-order chi connectivity index (χ0) is 18.0. The average Bonchev–Trinajstić information content (AvgIpc) is 3.24. The summed E-state index contributed by atoms with van der Waals surface area (Å²) in [5.74, 6) is -0.691. The van der Waals surface area contributed by atoms with Crippen LogP contribution in [-0.2, 0) is 10.0 Å². The number of sulfonamides is 1. The Morgan fingerprint density at radius 3 is 2.92 bits per heavy atom. The lowest BCUT2D eigenvalue weighted by Gasteiger charge is -2.30. The molecular weight excluding hydrogens is 387 g/mol. The van der Waals surface area contributed by atoms with E-state index >= 15 is 0 Å². The van der Waals surface area contributed by atoms with Gasteiger partial charge < -0.3 is 10.2 Å². The van der Waals surface area contributed by atoms with Gasteiger partial charge in [-0.15, -0.1) is 11.3 Å². The molecule has 2 aromatic rings. The number of likely N-dealkylation sites (N-methyl/N-ethyl adjacent to an activating group) is 1. The minimum absolute atomic E-state index is 0.150. The fourth-order valence-corrected chi connectivity index (χ4v) is 4.91. The first kappa shape index (κ1) is 18.4. The highest BCUT2D eigenvalue weighted by Gasteiger charge is 2.27. The van der Waals surface area contributed by atoms with Gasteiger partial charge in [0.1, 0.15) is 10.7 Å². The van der Waals surface area contributed by atoms with E-state index in [1.807, 2.05) is 11.8 Å². The molecule has 10 heteroatoms. The number of thiazole rings is 1. The topological polar surface area (TPSA) is 74.3 Å². The smallest absolute Gasteiger partial charge is 0.266 e. The third kappa shape index (κ3) is 3.89. The Labute approximate surface area is 155 Å². The molecule has 1 aliphatic rings. The van der Waals surface area contributed by atoms with Crippen molar-refractivity contribution in [2.45, 2.75) is 24.3 Å². The Morgan fingerprint density at radius 1 is 1.52 bits per heavy atom. The Bertz CT molecular complexity index is 839. The molecule has 1 aliphatic heterocycles.